The second-order valence-electron chi connectivity index (χ2n) is 5.76. The molecule has 134 valence electrons. The molecule has 0 aliphatic rings. The standard InChI is InChI=1S/C19H14ClN5O2/c20-17-23-18(21-12-4-2-5-13(26)9-12)25-19(24-17)22-16-6-1-3-11-7-8-14(27)10-15(11)16/h1-10,26-27H,(H2,21,22,23,24,25). The Labute approximate surface area is 159 Å². The lowest BCUT2D eigenvalue weighted by molar-refractivity contribution is 0.475. The molecule has 0 aliphatic heterocycles. The Bertz CT molecular complexity index is 1140. The first-order valence-corrected chi connectivity index (χ1v) is 8.41. The number of anilines is 4. The molecule has 0 atom stereocenters. The van der Waals surface area contributed by atoms with Crippen LogP contribution in [0.2, 0.25) is 5.28 Å². The number of fused-ring (bicyclic) bond motifs is 1. The normalized spacial score (nSPS) is 10.7. The molecule has 0 radical (unpaired) electrons. The molecule has 27 heavy (non-hydrogen) atoms. The zero-order valence-corrected chi connectivity index (χ0v) is 14.6. The molecule has 0 fully saturated rings. The maximum absolute atomic E-state index is 9.77. The Morgan fingerprint density at radius 1 is 0.741 bits per heavy atom. The van der Waals surface area contributed by atoms with Crippen LogP contribution in [-0.4, -0.2) is 25.2 Å². The summed E-state index contributed by atoms with van der Waals surface area (Å²) in [7, 11) is 0. The number of hydrogen-bond donors (Lipinski definition) is 4. The lowest BCUT2D eigenvalue weighted by Gasteiger charge is -2.11. The van der Waals surface area contributed by atoms with Crippen molar-refractivity contribution >= 4 is 45.6 Å². The van der Waals surface area contributed by atoms with E-state index in [1.807, 2.05) is 24.3 Å². The monoisotopic (exact) mass is 379 g/mol. The van der Waals surface area contributed by atoms with E-state index in [-0.39, 0.29) is 28.7 Å². The summed E-state index contributed by atoms with van der Waals surface area (Å²) < 4.78 is 0. The molecule has 1 aromatic heterocycles. The number of nitrogens with zero attached hydrogens (tertiary/aromatic N) is 3. The van der Waals surface area contributed by atoms with Crippen molar-refractivity contribution in [2.75, 3.05) is 10.6 Å². The van der Waals surface area contributed by atoms with Crippen LogP contribution in [0.4, 0.5) is 23.3 Å². The summed E-state index contributed by atoms with van der Waals surface area (Å²) in [6.45, 7) is 0. The molecule has 0 bridgehead atoms. The number of rotatable bonds is 4. The Kier molecular flexibility index (Phi) is 4.35. The lowest BCUT2D eigenvalue weighted by Crippen LogP contribution is -2.04. The average molecular weight is 380 g/mol. The molecule has 0 saturated carbocycles. The van der Waals surface area contributed by atoms with Crippen molar-refractivity contribution in [3.63, 3.8) is 0 Å². The van der Waals surface area contributed by atoms with Crippen LogP contribution in [0, 0.1) is 0 Å². The second kappa shape index (κ2) is 6.97. The summed E-state index contributed by atoms with van der Waals surface area (Å²) in [5, 5.41) is 27.2. The van der Waals surface area contributed by atoms with Gasteiger partial charge in [-0.2, -0.15) is 15.0 Å². The fraction of sp³-hybridized carbons (Fsp3) is 0. The molecular formula is C19H14ClN5O2. The van der Waals surface area contributed by atoms with Gasteiger partial charge in [0.1, 0.15) is 11.5 Å². The SMILES string of the molecule is Oc1cccc(Nc2nc(Cl)nc(Nc3cccc4ccc(O)cc34)n2)c1. The van der Waals surface area contributed by atoms with Crippen molar-refractivity contribution in [1.82, 2.24) is 15.0 Å². The van der Waals surface area contributed by atoms with Gasteiger partial charge in [0.15, 0.2) is 0 Å². The Balaban J connectivity index is 1.67. The van der Waals surface area contributed by atoms with Crippen LogP contribution in [0.15, 0.2) is 60.7 Å². The summed E-state index contributed by atoms with van der Waals surface area (Å²) >= 11 is 6.03. The van der Waals surface area contributed by atoms with Crippen molar-refractivity contribution < 1.29 is 10.2 Å². The molecule has 0 saturated heterocycles. The zero-order chi connectivity index (χ0) is 18.8. The third-order valence-electron chi connectivity index (χ3n) is 3.82. The third kappa shape index (κ3) is 3.83. The molecular weight excluding hydrogens is 366 g/mol. The summed E-state index contributed by atoms with van der Waals surface area (Å²) in [6.07, 6.45) is 0. The maximum Gasteiger partial charge on any atom is 0.233 e. The van der Waals surface area contributed by atoms with E-state index in [9.17, 15) is 10.2 Å². The predicted octanol–water partition coefficient (Wildman–Crippen LogP) is 4.58. The number of aromatic hydroxyl groups is 2. The molecule has 8 heteroatoms. The van der Waals surface area contributed by atoms with Crippen molar-refractivity contribution in [3.8, 4) is 11.5 Å². The summed E-state index contributed by atoms with van der Waals surface area (Å²) in [5.74, 6) is 0.755. The highest BCUT2D eigenvalue weighted by Gasteiger charge is 2.09. The van der Waals surface area contributed by atoms with Gasteiger partial charge < -0.3 is 20.8 Å². The van der Waals surface area contributed by atoms with Crippen molar-refractivity contribution in [3.05, 3.63) is 65.9 Å². The third-order valence-corrected chi connectivity index (χ3v) is 3.99. The van der Waals surface area contributed by atoms with Crippen LogP contribution < -0.4 is 10.6 Å². The molecule has 4 N–H and O–H groups in total. The smallest absolute Gasteiger partial charge is 0.233 e. The number of hydrogen-bond acceptors (Lipinski definition) is 7. The summed E-state index contributed by atoms with van der Waals surface area (Å²) in [4.78, 5) is 12.5. The van der Waals surface area contributed by atoms with E-state index in [0.29, 0.717) is 11.4 Å². The van der Waals surface area contributed by atoms with Crippen LogP contribution >= 0.6 is 11.6 Å². The predicted molar refractivity (Wildman–Crippen MR) is 105 cm³/mol. The van der Waals surface area contributed by atoms with E-state index in [2.05, 4.69) is 25.6 Å². The first-order chi connectivity index (χ1) is 13.1. The number of benzene rings is 3. The fourth-order valence-corrected chi connectivity index (χ4v) is 2.82. The van der Waals surface area contributed by atoms with E-state index >= 15 is 0 Å². The Morgan fingerprint density at radius 3 is 2.30 bits per heavy atom. The van der Waals surface area contributed by atoms with Gasteiger partial charge in [-0.05, 0) is 47.3 Å². The Hall–Kier alpha value is -3.58. The van der Waals surface area contributed by atoms with Crippen molar-refractivity contribution in [1.29, 1.82) is 0 Å². The van der Waals surface area contributed by atoms with Crippen molar-refractivity contribution in [2.45, 2.75) is 0 Å². The Morgan fingerprint density at radius 2 is 1.48 bits per heavy atom. The number of aromatic nitrogens is 3. The fourth-order valence-electron chi connectivity index (χ4n) is 2.66. The van der Waals surface area contributed by atoms with E-state index in [1.54, 1.807) is 30.3 Å². The lowest BCUT2D eigenvalue weighted by atomic mass is 10.1. The van der Waals surface area contributed by atoms with E-state index < -0.39 is 0 Å². The number of phenols is 2. The quantitative estimate of drug-likeness (QED) is 0.411. The minimum atomic E-state index is 0.0123. The highest BCUT2D eigenvalue weighted by atomic mass is 35.5. The van der Waals surface area contributed by atoms with Crippen LogP contribution in [0.25, 0.3) is 10.8 Å². The minimum Gasteiger partial charge on any atom is -0.508 e. The topological polar surface area (TPSA) is 103 Å². The molecule has 0 spiro atoms. The van der Waals surface area contributed by atoms with E-state index in [4.69, 9.17) is 11.6 Å². The molecule has 1 heterocycles. The van der Waals surface area contributed by atoms with Crippen LogP contribution in [-0.2, 0) is 0 Å². The van der Waals surface area contributed by atoms with Crippen LogP contribution in [0.5, 0.6) is 11.5 Å². The second-order valence-corrected chi connectivity index (χ2v) is 6.10. The molecule has 4 rings (SSSR count). The summed E-state index contributed by atoms with van der Waals surface area (Å²) in [5.41, 5.74) is 1.33. The van der Waals surface area contributed by atoms with Gasteiger partial charge in [0, 0.05) is 22.8 Å². The van der Waals surface area contributed by atoms with Gasteiger partial charge in [-0.25, -0.2) is 0 Å². The number of phenolic OH excluding ortho intramolecular Hbond substituents is 2. The number of halogens is 1. The van der Waals surface area contributed by atoms with E-state index in [0.717, 1.165) is 10.8 Å². The highest BCUT2D eigenvalue weighted by molar-refractivity contribution is 6.28. The molecule has 3 aromatic carbocycles. The van der Waals surface area contributed by atoms with E-state index in [1.165, 1.54) is 6.07 Å². The first-order valence-electron chi connectivity index (χ1n) is 8.03. The molecule has 7 nitrogen and oxygen atoms in total. The molecule has 0 amide bonds. The number of nitrogens with one attached hydrogen (secondary N) is 2. The largest absolute Gasteiger partial charge is 0.508 e. The molecule has 4 aromatic rings. The van der Waals surface area contributed by atoms with Gasteiger partial charge in [0.05, 0.1) is 0 Å². The average Bonchev–Trinajstić information content (AvgIpc) is 2.62. The van der Waals surface area contributed by atoms with Gasteiger partial charge in [0.2, 0.25) is 17.2 Å². The van der Waals surface area contributed by atoms with Gasteiger partial charge in [-0.1, -0.05) is 24.3 Å². The van der Waals surface area contributed by atoms with Crippen molar-refractivity contribution in [2.24, 2.45) is 0 Å². The summed E-state index contributed by atoms with van der Waals surface area (Å²) in [6, 6.07) is 17.3. The van der Waals surface area contributed by atoms with Gasteiger partial charge in [-0.15, -0.1) is 0 Å². The van der Waals surface area contributed by atoms with Gasteiger partial charge in [0.25, 0.3) is 0 Å². The highest BCUT2D eigenvalue weighted by Crippen LogP contribution is 2.29. The van der Waals surface area contributed by atoms with Gasteiger partial charge in [-0.3, -0.25) is 0 Å². The van der Waals surface area contributed by atoms with Crippen LogP contribution in [0.3, 0.4) is 0 Å². The molecule has 0 aliphatic carbocycles. The first kappa shape index (κ1) is 16.9. The van der Waals surface area contributed by atoms with Crippen LogP contribution in [0.1, 0.15) is 0 Å². The molecule has 0 unspecified atom stereocenters. The minimum absolute atomic E-state index is 0.0123. The maximum atomic E-state index is 9.77. The van der Waals surface area contributed by atoms with Gasteiger partial charge >= 0.3 is 0 Å². The zero-order valence-electron chi connectivity index (χ0n) is 13.9.